The van der Waals surface area contributed by atoms with Crippen LogP contribution in [0.3, 0.4) is 0 Å². The van der Waals surface area contributed by atoms with E-state index in [0.717, 1.165) is 6.20 Å². The van der Waals surface area contributed by atoms with E-state index >= 15 is 0 Å². The highest BCUT2D eigenvalue weighted by Gasteiger charge is 2.08. The fraction of sp³-hybridized carbons (Fsp3) is 0. The smallest absolute Gasteiger partial charge is 0.337 e. The number of benzene rings is 1. The van der Waals surface area contributed by atoms with Gasteiger partial charge in [0.2, 0.25) is 0 Å². The highest BCUT2D eigenvalue weighted by molar-refractivity contribution is 5.88. The summed E-state index contributed by atoms with van der Waals surface area (Å²) in [7, 11) is 0. The number of carboxylic acid groups (broad SMARTS) is 1. The second-order valence-corrected chi connectivity index (χ2v) is 3.63. The topological polar surface area (TPSA) is 93.9 Å². The predicted octanol–water partition coefficient (Wildman–Crippen LogP) is 1.61. The predicted molar refractivity (Wildman–Crippen MR) is 64.2 cm³/mol. The van der Waals surface area contributed by atoms with Crippen LogP contribution in [0.4, 0.5) is 0 Å². The van der Waals surface area contributed by atoms with Crippen LogP contribution >= 0.6 is 0 Å². The zero-order valence-corrected chi connectivity index (χ0v) is 9.18. The molecule has 0 saturated heterocycles. The third-order valence-electron chi connectivity index (χ3n) is 2.48. The lowest BCUT2D eigenvalue weighted by molar-refractivity contribution is 0.0696. The van der Waals surface area contributed by atoms with Gasteiger partial charge in [0.1, 0.15) is 0 Å². The maximum Gasteiger partial charge on any atom is 0.337 e. The molecule has 88 valence electrons. The number of aromatic amines is 1. The number of hydrogen-bond donors (Lipinski definition) is 2. The van der Waals surface area contributed by atoms with Crippen molar-refractivity contribution in [3.63, 3.8) is 0 Å². The zero-order valence-electron chi connectivity index (χ0n) is 9.18. The number of nitrogens with one attached hydrogen (secondary N) is 1. The van der Waals surface area contributed by atoms with Crippen molar-refractivity contribution < 1.29 is 9.90 Å². The Morgan fingerprint density at radius 1 is 1.28 bits per heavy atom. The van der Waals surface area contributed by atoms with E-state index in [-0.39, 0.29) is 16.7 Å². The van der Waals surface area contributed by atoms with E-state index in [0.29, 0.717) is 11.1 Å². The first-order valence-electron chi connectivity index (χ1n) is 5.08. The van der Waals surface area contributed by atoms with Crippen molar-refractivity contribution in [1.29, 1.82) is 5.26 Å². The average molecular weight is 240 g/mol. The molecule has 0 unspecified atom stereocenters. The van der Waals surface area contributed by atoms with Gasteiger partial charge in [-0.05, 0) is 23.8 Å². The van der Waals surface area contributed by atoms with Gasteiger partial charge in [-0.2, -0.15) is 5.26 Å². The van der Waals surface area contributed by atoms with Crippen molar-refractivity contribution in [2.75, 3.05) is 0 Å². The first-order chi connectivity index (χ1) is 8.61. The highest BCUT2D eigenvalue weighted by atomic mass is 16.4. The Morgan fingerprint density at radius 2 is 1.94 bits per heavy atom. The summed E-state index contributed by atoms with van der Waals surface area (Å²) in [6.45, 7) is 0. The van der Waals surface area contributed by atoms with Gasteiger partial charge in [-0.15, -0.1) is 0 Å². The number of aromatic carboxylic acids is 1. The number of pyridine rings is 1. The van der Waals surface area contributed by atoms with Crippen molar-refractivity contribution >= 4 is 5.97 Å². The first-order valence-corrected chi connectivity index (χ1v) is 5.08. The van der Waals surface area contributed by atoms with Gasteiger partial charge < -0.3 is 10.1 Å². The molecular formula is C13H8N2O3. The molecule has 0 bridgehead atoms. The molecule has 0 fully saturated rings. The molecule has 5 heteroatoms. The van der Waals surface area contributed by atoms with Crippen molar-refractivity contribution in [1.82, 2.24) is 4.98 Å². The minimum Gasteiger partial charge on any atom is -0.478 e. The minimum absolute atomic E-state index is 0.00830. The molecule has 0 aliphatic rings. The second kappa shape index (κ2) is 4.55. The lowest BCUT2D eigenvalue weighted by atomic mass is 10.0. The summed E-state index contributed by atoms with van der Waals surface area (Å²) in [6.07, 6.45) is 1.15. The van der Waals surface area contributed by atoms with E-state index in [1.165, 1.54) is 6.07 Å². The van der Waals surface area contributed by atoms with E-state index < -0.39 is 5.97 Å². The molecule has 0 radical (unpaired) electrons. The molecule has 2 N–H and O–H groups in total. The fourth-order valence-electron chi connectivity index (χ4n) is 1.55. The summed E-state index contributed by atoms with van der Waals surface area (Å²) in [5.74, 6) is -1.11. The van der Waals surface area contributed by atoms with Gasteiger partial charge in [-0.3, -0.25) is 4.79 Å². The fourth-order valence-corrected chi connectivity index (χ4v) is 1.55. The number of carbonyl (C=O) groups is 1. The number of rotatable bonds is 2. The molecule has 18 heavy (non-hydrogen) atoms. The van der Waals surface area contributed by atoms with Gasteiger partial charge in [-0.1, -0.05) is 12.1 Å². The first kappa shape index (κ1) is 11.6. The number of nitrogens with zero attached hydrogens (tertiary/aromatic N) is 1. The zero-order chi connectivity index (χ0) is 13.1. The molecule has 0 atom stereocenters. The Morgan fingerprint density at radius 3 is 2.50 bits per heavy atom. The summed E-state index contributed by atoms with van der Waals surface area (Å²) in [4.78, 5) is 24.8. The molecule has 5 nitrogen and oxygen atoms in total. The van der Waals surface area contributed by atoms with Crippen LogP contribution in [0.2, 0.25) is 0 Å². The Bertz CT molecular complexity index is 693. The highest BCUT2D eigenvalue weighted by Crippen LogP contribution is 2.16. The van der Waals surface area contributed by atoms with E-state index in [1.54, 1.807) is 24.3 Å². The number of nitriles is 1. The summed E-state index contributed by atoms with van der Waals surface area (Å²) >= 11 is 0. The molecule has 2 aromatic rings. The third kappa shape index (κ3) is 2.13. The monoisotopic (exact) mass is 240 g/mol. The Kier molecular flexibility index (Phi) is 2.94. The standard InChI is InChI=1S/C13H8N2O3/c14-6-8-1-3-9(4-2-8)11-5-10(13(17)18)7-15-12(11)16/h1-5,7H,(H,15,16)(H,17,18). The molecule has 0 saturated carbocycles. The van der Waals surface area contributed by atoms with Gasteiger partial charge in [0.25, 0.3) is 5.56 Å². The summed E-state index contributed by atoms with van der Waals surface area (Å²) in [5, 5.41) is 17.5. The maximum atomic E-state index is 11.6. The second-order valence-electron chi connectivity index (χ2n) is 3.63. The van der Waals surface area contributed by atoms with Crippen LogP contribution in [0.1, 0.15) is 15.9 Å². The summed E-state index contributed by atoms with van der Waals surface area (Å²) in [6, 6.07) is 9.63. The van der Waals surface area contributed by atoms with Crippen LogP contribution in [0.5, 0.6) is 0 Å². The van der Waals surface area contributed by atoms with Crippen LogP contribution in [-0.4, -0.2) is 16.1 Å². The van der Waals surface area contributed by atoms with E-state index in [9.17, 15) is 9.59 Å². The van der Waals surface area contributed by atoms with Crippen LogP contribution in [0, 0.1) is 11.3 Å². The van der Waals surface area contributed by atoms with Gasteiger partial charge in [0, 0.05) is 11.8 Å². The van der Waals surface area contributed by atoms with Crippen LogP contribution in [0.25, 0.3) is 11.1 Å². The van der Waals surface area contributed by atoms with E-state index in [1.807, 2.05) is 6.07 Å². The van der Waals surface area contributed by atoms with Crippen molar-refractivity contribution in [2.45, 2.75) is 0 Å². The Hall–Kier alpha value is -2.87. The molecule has 1 heterocycles. The molecule has 0 aliphatic heterocycles. The van der Waals surface area contributed by atoms with Crippen molar-refractivity contribution in [3.05, 3.63) is 58.0 Å². The summed E-state index contributed by atoms with van der Waals surface area (Å²) in [5.41, 5.74) is 0.945. The minimum atomic E-state index is -1.11. The number of carboxylic acids is 1. The molecule has 1 aromatic carbocycles. The van der Waals surface area contributed by atoms with E-state index in [2.05, 4.69) is 4.98 Å². The van der Waals surface area contributed by atoms with Crippen LogP contribution in [-0.2, 0) is 0 Å². The molecular weight excluding hydrogens is 232 g/mol. The summed E-state index contributed by atoms with van der Waals surface area (Å²) < 4.78 is 0. The quantitative estimate of drug-likeness (QED) is 0.833. The van der Waals surface area contributed by atoms with Gasteiger partial charge in [0.05, 0.1) is 17.2 Å². The Labute approximate surface area is 102 Å². The molecule has 0 spiro atoms. The molecule has 0 amide bonds. The molecule has 1 aromatic heterocycles. The lowest BCUT2D eigenvalue weighted by Crippen LogP contribution is -2.11. The van der Waals surface area contributed by atoms with Crippen LogP contribution in [0.15, 0.2) is 41.3 Å². The van der Waals surface area contributed by atoms with Crippen LogP contribution < -0.4 is 5.56 Å². The van der Waals surface area contributed by atoms with Crippen molar-refractivity contribution in [3.8, 4) is 17.2 Å². The molecule has 0 aliphatic carbocycles. The normalized spacial score (nSPS) is 9.72. The number of hydrogen-bond acceptors (Lipinski definition) is 3. The SMILES string of the molecule is N#Cc1ccc(-c2cc(C(=O)O)c[nH]c2=O)cc1. The third-order valence-corrected chi connectivity index (χ3v) is 2.48. The Balaban J connectivity index is 2.56. The number of H-pyrrole nitrogens is 1. The van der Waals surface area contributed by atoms with Gasteiger partial charge in [0.15, 0.2) is 0 Å². The largest absolute Gasteiger partial charge is 0.478 e. The number of aromatic nitrogens is 1. The van der Waals surface area contributed by atoms with Gasteiger partial charge in [-0.25, -0.2) is 4.79 Å². The van der Waals surface area contributed by atoms with E-state index in [4.69, 9.17) is 10.4 Å². The van der Waals surface area contributed by atoms with Crippen molar-refractivity contribution in [2.24, 2.45) is 0 Å². The average Bonchev–Trinajstić information content (AvgIpc) is 2.39. The van der Waals surface area contributed by atoms with Gasteiger partial charge >= 0.3 is 5.97 Å². The molecule has 2 rings (SSSR count). The lowest BCUT2D eigenvalue weighted by Gasteiger charge is -2.02. The maximum absolute atomic E-state index is 11.6.